The molecule has 2 heterocycles. The smallest absolute Gasteiger partial charge is 0.325 e. The van der Waals surface area contributed by atoms with E-state index in [9.17, 15) is 33.9 Å². The van der Waals surface area contributed by atoms with Gasteiger partial charge in [-0.3, -0.25) is 33.7 Å². The van der Waals surface area contributed by atoms with Gasteiger partial charge in [0.1, 0.15) is 18.0 Å². The van der Waals surface area contributed by atoms with Gasteiger partial charge in [0.25, 0.3) is 5.91 Å². The van der Waals surface area contributed by atoms with E-state index in [1.165, 1.54) is 11.3 Å². The van der Waals surface area contributed by atoms with Crippen LogP contribution in [0.25, 0.3) is 0 Å². The van der Waals surface area contributed by atoms with Crippen LogP contribution in [0.15, 0.2) is 29.6 Å². The minimum absolute atomic E-state index is 0.0473. The molecule has 0 radical (unpaired) electrons. The molecular weight excluding hydrogens is 799 g/mol. The fraction of sp³-hybridized carbons (Fsp3) is 0.674. The van der Waals surface area contributed by atoms with Crippen LogP contribution in [0, 0.1) is 23.7 Å². The van der Waals surface area contributed by atoms with E-state index in [0.29, 0.717) is 30.7 Å². The van der Waals surface area contributed by atoms with Crippen molar-refractivity contribution in [1.29, 1.82) is 0 Å². The summed E-state index contributed by atoms with van der Waals surface area (Å²) >= 11 is 1.34. The van der Waals surface area contributed by atoms with E-state index in [0.717, 1.165) is 31.4 Å². The average Bonchev–Trinajstić information content (AvgIpc) is 3.73. The van der Waals surface area contributed by atoms with E-state index in [4.69, 9.17) is 14.5 Å². The van der Waals surface area contributed by atoms with Crippen LogP contribution in [-0.2, 0) is 39.9 Å². The molecule has 3 rings (SSSR count). The van der Waals surface area contributed by atoms with Crippen LogP contribution in [-0.4, -0.2) is 107 Å². The van der Waals surface area contributed by atoms with Gasteiger partial charge >= 0.3 is 11.9 Å². The monoisotopic (exact) mass is 869 g/mol. The number of aromatic hydroxyl groups is 1. The molecule has 1 saturated heterocycles. The van der Waals surface area contributed by atoms with Crippen LogP contribution < -0.4 is 10.6 Å². The Labute approximate surface area is 366 Å². The summed E-state index contributed by atoms with van der Waals surface area (Å²) < 4.78 is 10.6. The predicted octanol–water partition coefficient (Wildman–Crippen LogP) is 6.65. The van der Waals surface area contributed by atoms with E-state index >= 15 is 0 Å². The van der Waals surface area contributed by atoms with Crippen LogP contribution in [0.1, 0.15) is 140 Å². The standard InChI is InChI=1S/C46H71N5O9S/c1-10-15-41(54)60-28-51(46(58)36(30(6)11-2)25-40(53)38-16-13-14-21-50(38)9)39(29(4)5)23-32(8)45-49-37(27-61-45)44(57)48-34(24-33-17-19-35(52)20-18-33)22-31(7)43(56)47-26-42(55)59-12-3/h17-20,27,29-32,34,36,38-39,52H,10-16,21-26,28H2,1-9H3,(H,47,56)(H,48,57)/t30?,31-,32+,34+,36-,38+,39+/m0/s1. The molecule has 3 N–H and O–H groups in total. The second-order valence-corrected chi connectivity index (χ2v) is 18.0. The van der Waals surface area contributed by atoms with Gasteiger partial charge in [-0.25, -0.2) is 4.98 Å². The van der Waals surface area contributed by atoms with Gasteiger partial charge in [0.15, 0.2) is 12.5 Å². The quantitative estimate of drug-likeness (QED) is 0.0718. The Hall–Kier alpha value is -4.37. The second kappa shape index (κ2) is 25.5. The molecule has 1 fully saturated rings. The summed E-state index contributed by atoms with van der Waals surface area (Å²) in [6.07, 6.45) is 5.58. The highest BCUT2D eigenvalue weighted by atomic mass is 32.1. The number of likely N-dealkylation sites (tertiary alicyclic amines) is 1. The number of hydrogen-bond donors (Lipinski definition) is 3. The van der Waals surface area contributed by atoms with Crippen LogP contribution in [0.3, 0.4) is 0 Å². The molecule has 340 valence electrons. The maximum atomic E-state index is 14.8. The molecule has 1 aromatic carbocycles. The first-order valence-electron chi connectivity index (χ1n) is 22.2. The lowest BCUT2D eigenvalue weighted by molar-refractivity contribution is -0.160. The lowest BCUT2D eigenvalue weighted by Crippen LogP contribution is -2.50. The molecule has 0 saturated carbocycles. The lowest BCUT2D eigenvalue weighted by atomic mass is 9.82. The fourth-order valence-corrected chi connectivity index (χ4v) is 8.77. The predicted molar refractivity (Wildman–Crippen MR) is 236 cm³/mol. The minimum Gasteiger partial charge on any atom is -0.508 e. The van der Waals surface area contributed by atoms with E-state index in [1.807, 2.05) is 48.6 Å². The van der Waals surface area contributed by atoms with Gasteiger partial charge in [0, 0.05) is 48.1 Å². The number of Topliss-reactive ketones (excluding diaryl/α,β-unsaturated/α-hetero) is 1. The zero-order valence-electron chi connectivity index (χ0n) is 37.9. The van der Waals surface area contributed by atoms with Crippen molar-refractivity contribution in [3.05, 3.63) is 45.9 Å². The van der Waals surface area contributed by atoms with Crippen molar-refractivity contribution in [3.8, 4) is 5.75 Å². The van der Waals surface area contributed by atoms with Crippen LogP contribution in [0.4, 0.5) is 0 Å². The number of ketones is 1. The Balaban J connectivity index is 1.84. The number of carbonyl (C=O) groups excluding carboxylic acids is 6. The summed E-state index contributed by atoms with van der Waals surface area (Å²) in [6.45, 7) is 16.0. The molecule has 1 aliphatic rings. The molecule has 14 nitrogen and oxygen atoms in total. The van der Waals surface area contributed by atoms with Gasteiger partial charge in [-0.05, 0) is 88.6 Å². The Bertz CT molecular complexity index is 1730. The molecule has 1 aromatic heterocycles. The third-order valence-electron chi connectivity index (χ3n) is 11.8. The number of thiazole rings is 1. The van der Waals surface area contributed by atoms with Crippen molar-refractivity contribution >= 4 is 46.8 Å². The van der Waals surface area contributed by atoms with Gasteiger partial charge in [-0.2, -0.15) is 0 Å². The fourth-order valence-electron chi connectivity index (χ4n) is 7.89. The first kappa shape index (κ1) is 51.0. The van der Waals surface area contributed by atoms with E-state index in [1.54, 1.807) is 48.4 Å². The summed E-state index contributed by atoms with van der Waals surface area (Å²) in [6, 6.07) is 5.56. The number of carbonyl (C=O) groups is 6. The largest absolute Gasteiger partial charge is 0.508 e. The summed E-state index contributed by atoms with van der Waals surface area (Å²) in [5.74, 6) is -3.17. The topological polar surface area (TPSA) is 185 Å². The van der Waals surface area contributed by atoms with Gasteiger partial charge in [-0.1, -0.05) is 73.4 Å². The van der Waals surface area contributed by atoms with Gasteiger partial charge < -0.3 is 30.1 Å². The first-order chi connectivity index (χ1) is 29.0. The van der Waals surface area contributed by atoms with E-state index in [2.05, 4.69) is 15.5 Å². The summed E-state index contributed by atoms with van der Waals surface area (Å²) in [5.41, 5.74) is 1.06. The maximum Gasteiger partial charge on any atom is 0.325 e. The molecule has 61 heavy (non-hydrogen) atoms. The molecule has 1 aliphatic heterocycles. The maximum absolute atomic E-state index is 14.8. The molecule has 7 atom stereocenters. The van der Waals surface area contributed by atoms with Gasteiger partial charge in [-0.15, -0.1) is 11.3 Å². The molecule has 0 spiro atoms. The number of aromatic nitrogens is 1. The number of esters is 2. The number of hydrogen-bond acceptors (Lipinski definition) is 12. The van der Waals surface area contributed by atoms with Crippen molar-refractivity contribution in [2.24, 2.45) is 23.7 Å². The molecule has 3 amide bonds. The highest BCUT2D eigenvalue weighted by Gasteiger charge is 2.38. The molecular formula is C46H71N5O9S. The highest BCUT2D eigenvalue weighted by molar-refractivity contribution is 7.09. The zero-order chi connectivity index (χ0) is 45.2. The summed E-state index contributed by atoms with van der Waals surface area (Å²) in [7, 11) is 1.97. The molecule has 15 heteroatoms. The second-order valence-electron chi connectivity index (χ2n) is 17.1. The number of benzene rings is 1. The number of phenols is 1. The van der Waals surface area contributed by atoms with E-state index in [-0.39, 0.29) is 104 Å². The first-order valence-corrected chi connectivity index (χ1v) is 23.0. The number of piperidine rings is 1. The summed E-state index contributed by atoms with van der Waals surface area (Å²) in [5, 5.41) is 17.9. The Morgan fingerprint density at radius 3 is 2.30 bits per heavy atom. The van der Waals surface area contributed by atoms with Crippen LogP contribution in [0.5, 0.6) is 5.75 Å². The van der Waals surface area contributed by atoms with Crippen molar-refractivity contribution < 1.29 is 43.3 Å². The number of likely N-dealkylation sites (N-methyl/N-ethyl adjacent to an activating group) is 1. The lowest BCUT2D eigenvalue weighted by Gasteiger charge is -2.39. The normalized spacial score (nSPS) is 17.3. The number of rotatable bonds is 25. The summed E-state index contributed by atoms with van der Waals surface area (Å²) in [4.78, 5) is 88.3. The highest BCUT2D eigenvalue weighted by Crippen LogP contribution is 2.33. The van der Waals surface area contributed by atoms with Crippen LogP contribution in [0.2, 0.25) is 0 Å². The molecule has 1 unspecified atom stereocenters. The van der Waals surface area contributed by atoms with Gasteiger partial charge in [0.05, 0.1) is 17.7 Å². The Morgan fingerprint density at radius 1 is 0.967 bits per heavy atom. The molecule has 0 bridgehead atoms. The Morgan fingerprint density at radius 2 is 1.67 bits per heavy atom. The number of nitrogens with one attached hydrogen (secondary N) is 2. The number of ether oxygens (including phenoxy) is 2. The number of phenolic OH excluding ortho intramolecular Hbond substituents is 1. The average molecular weight is 870 g/mol. The van der Waals surface area contributed by atoms with Gasteiger partial charge in [0.2, 0.25) is 11.8 Å². The SMILES string of the molecule is CCCC(=O)OCN(C(=O)[C@@H](CC(=O)[C@H]1CCCCN1C)C(C)CC)[C@H](C[C@@H](C)c1nc(C(=O)N[C@@H](Cc2ccc(O)cc2)C[C@H](C)C(=O)NCC(=O)OCC)cs1)C(C)C. The van der Waals surface area contributed by atoms with Crippen molar-refractivity contribution in [2.45, 2.75) is 144 Å². The minimum atomic E-state index is -0.578. The molecule has 2 aromatic rings. The molecule has 0 aliphatic carbocycles. The van der Waals surface area contributed by atoms with Crippen molar-refractivity contribution in [2.75, 3.05) is 33.5 Å². The van der Waals surface area contributed by atoms with E-state index < -0.39 is 29.8 Å². The number of nitrogens with zero attached hydrogens (tertiary/aromatic N) is 3. The van der Waals surface area contributed by atoms with Crippen molar-refractivity contribution in [1.82, 2.24) is 25.4 Å². The Kier molecular flexibility index (Phi) is 21.3. The zero-order valence-corrected chi connectivity index (χ0v) is 38.7. The third kappa shape index (κ3) is 16.1. The third-order valence-corrected chi connectivity index (χ3v) is 12.9. The van der Waals surface area contributed by atoms with Crippen molar-refractivity contribution in [3.63, 3.8) is 0 Å². The number of amides is 3. The van der Waals surface area contributed by atoms with Crippen LogP contribution >= 0.6 is 11.3 Å².